The summed E-state index contributed by atoms with van der Waals surface area (Å²) in [6, 6.07) is 2.29. The minimum absolute atomic E-state index is 0.293. The van der Waals surface area contributed by atoms with Gasteiger partial charge in [-0.15, -0.1) is 0 Å². The van der Waals surface area contributed by atoms with E-state index in [1.54, 1.807) is 0 Å². The summed E-state index contributed by atoms with van der Waals surface area (Å²) in [7, 11) is 0. The summed E-state index contributed by atoms with van der Waals surface area (Å²) in [5.41, 5.74) is 4.08. The molecule has 1 aromatic rings. The number of nitrogens with zero attached hydrogens (tertiary/aromatic N) is 1. The first-order valence-electron chi connectivity index (χ1n) is 5.05. The molecular formula is C11H14LiN. The first kappa shape index (κ1) is 9.31. The Kier molecular flexibility index (Phi) is 2.26. The van der Waals surface area contributed by atoms with Crippen molar-refractivity contribution in [1.82, 2.24) is 4.98 Å². The summed E-state index contributed by atoms with van der Waals surface area (Å²) in [6.45, 7) is 4.42. The van der Waals surface area contributed by atoms with E-state index in [1.165, 1.54) is 36.1 Å². The van der Waals surface area contributed by atoms with Gasteiger partial charge in [-0.3, -0.25) is 0 Å². The van der Waals surface area contributed by atoms with Gasteiger partial charge >= 0.3 is 89.0 Å². The molecule has 0 spiro atoms. The Morgan fingerprint density at radius 3 is 3.08 bits per heavy atom. The first-order valence-corrected chi connectivity index (χ1v) is 5.05. The van der Waals surface area contributed by atoms with E-state index in [0.717, 1.165) is 0 Å². The molecule has 1 nitrogen and oxygen atoms in total. The van der Waals surface area contributed by atoms with Crippen molar-refractivity contribution in [2.24, 2.45) is 0 Å². The fourth-order valence-electron chi connectivity index (χ4n) is 2.27. The number of aromatic nitrogens is 1. The second-order valence-corrected chi connectivity index (χ2v) is 4.76. The molecule has 0 N–H and O–H groups in total. The topological polar surface area (TPSA) is 12.9 Å². The van der Waals surface area contributed by atoms with Gasteiger partial charge in [-0.25, -0.2) is 0 Å². The number of hydrogen-bond donors (Lipinski definition) is 0. The van der Waals surface area contributed by atoms with E-state index in [-0.39, 0.29) is 0 Å². The SMILES string of the molecule is [Li][C]1(C)CCCc2cc(C)cnc21. The van der Waals surface area contributed by atoms with E-state index in [1.807, 2.05) is 6.20 Å². The molecule has 1 unspecified atom stereocenters. The molecule has 1 aliphatic rings. The Balaban J connectivity index is 2.53. The van der Waals surface area contributed by atoms with E-state index in [4.69, 9.17) is 0 Å². The molecule has 1 atom stereocenters. The third kappa shape index (κ3) is 1.68. The zero-order chi connectivity index (χ0) is 9.47. The molecule has 0 fully saturated rings. The zero-order valence-electron chi connectivity index (χ0n) is 8.72. The Morgan fingerprint density at radius 2 is 2.31 bits per heavy atom. The van der Waals surface area contributed by atoms with Gasteiger partial charge in [-0.1, -0.05) is 0 Å². The van der Waals surface area contributed by atoms with E-state index >= 15 is 0 Å². The van der Waals surface area contributed by atoms with Crippen LogP contribution in [0.25, 0.3) is 0 Å². The number of pyridine rings is 1. The fraction of sp³-hybridized carbons (Fsp3) is 0.545. The Morgan fingerprint density at radius 1 is 1.54 bits per heavy atom. The summed E-state index contributed by atoms with van der Waals surface area (Å²) in [5.74, 6) is 0. The van der Waals surface area contributed by atoms with Crippen LogP contribution in [0.15, 0.2) is 12.3 Å². The third-order valence-corrected chi connectivity index (χ3v) is 2.99. The van der Waals surface area contributed by atoms with Crippen molar-refractivity contribution in [2.45, 2.75) is 37.2 Å². The van der Waals surface area contributed by atoms with Gasteiger partial charge in [0.1, 0.15) is 0 Å². The predicted molar refractivity (Wildman–Crippen MR) is 55.0 cm³/mol. The molecule has 0 aromatic carbocycles. The second kappa shape index (κ2) is 3.15. The molecule has 1 aromatic heterocycles. The number of rotatable bonds is 0. The molecule has 1 heterocycles. The summed E-state index contributed by atoms with van der Waals surface area (Å²) >= 11 is 2.30. The van der Waals surface area contributed by atoms with Gasteiger partial charge in [-0.2, -0.15) is 0 Å². The summed E-state index contributed by atoms with van der Waals surface area (Å²) < 4.78 is 0.293. The van der Waals surface area contributed by atoms with Crippen LogP contribution < -0.4 is 0 Å². The van der Waals surface area contributed by atoms with Crippen molar-refractivity contribution in [3.05, 3.63) is 29.1 Å². The van der Waals surface area contributed by atoms with Crippen LogP contribution in [0, 0.1) is 6.92 Å². The van der Waals surface area contributed by atoms with Crippen LogP contribution in [0.4, 0.5) is 0 Å². The van der Waals surface area contributed by atoms with Crippen LogP contribution in [0.3, 0.4) is 0 Å². The quantitative estimate of drug-likeness (QED) is 0.539. The van der Waals surface area contributed by atoms with E-state index < -0.39 is 0 Å². The maximum absolute atomic E-state index is 4.57. The van der Waals surface area contributed by atoms with Crippen molar-refractivity contribution in [3.63, 3.8) is 0 Å². The molecular weight excluding hydrogens is 153 g/mol. The van der Waals surface area contributed by atoms with Gasteiger partial charge in [0, 0.05) is 0 Å². The third-order valence-electron chi connectivity index (χ3n) is 2.99. The van der Waals surface area contributed by atoms with Crippen molar-refractivity contribution < 1.29 is 0 Å². The Labute approximate surface area is 89.2 Å². The van der Waals surface area contributed by atoms with Gasteiger partial charge in [-0.05, 0) is 0 Å². The maximum atomic E-state index is 4.57. The molecule has 13 heavy (non-hydrogen) atoms. The number of fused-ring (bicyclic) bond motifs is 1. The first-order chi connectivity index (χ1) is 6.09. The van der Waals surface area contributed by atoms with E-state index in [0.29, 0.717) is 4.09 Å². The molecule has 0 bridgehead atoms. The molecule has 0 amide bonds. The van der Waals surface area contributed by atoms with Crippen molar-refractivity contribution in [1.29, 1.82) is 0 Å². The average molecular weight is 167 g/mol. The van der Waals surface area contributed by atoms with Crippen molar-refractivity contribution >= 4 is 17.7 Å². The van der Waals surface area contributed by atoms with Crippen LogP contribution in [0.2, 0.25) is 0 Å². The van der Waals surface area contributed by atoms with Crippen LogP contribution in [0.5, 0.6) is 0 Å². The van der Waals surface area contributed by atoms with Crippen LogP contribution in [-0.4, -0.2) is 22.7 Å². The molecule has 1 aliphatic carbocycles. The monoisotopic (exact) mass is 167 g/mol. The van der Waals surface area contributed by atoms with Crippen molar-refractivity contribution in [3.8, 4) is 0 Å². The molecule has 0 saturated heterocycles. The summed E-state index contributed by atoms with van der Waals surface area (Å²) in [6.07, 6.45) is 5.79. The van der Waals surface area contributed by atoms with Gasteiger partial charge in [0.15, 0.2) is 0 Å². The molecule has 0 saturated carbocycles. The Bertz CT molecular complexity index is 331. The molecule has 2 heteroatoms. The fourth-order valence-corrected chi connectivity index (χ4v) is 2.27. The normalized spacial score (nSPS) is 27.1. The molecule has 0 radical (unpaired) electrons. The Hall–Kier alpha value is -0.253. The van der Waals surface area contributed by atoms with Gasteiger partial charge in [0.05, 0.1) is 0 Å². The average Bonchev–Trinajstić information content (AvgIpc) is 2.02. The number of hydrogen-bond acceptors (Lipinski definition) is 1. The van der Waals surface area contributed by atoms with E-state index in [2.05, 4.69) is 42.6 Å². The second-order valence-electron chi connectivity index (χ2n) is 4.76. The van der Waals surface area contributed by atoms with Gasteiger partial charge < -0.3 is 0 Å². The van der Waals surface area contributed by atoms with Crippen LogP contribution in [-0.2, 0) is 10.5 Å². The summed E-state index contributed by atoms with van der Waals surface area (Å²) in [5, 5.41) is 0. The minimum atomic E-state index is 0.293. The number of aryl methyl sites for hydroxylation is 2. The zero-order valence-corrected chi connectivity index (χ0v) is 8.72. The summed E-state index contributed by atoms with van der Waals surface area (Å²) in [4.78, 5) is 4.57. The van der Waals surface area contributed by atoms with Crippen molar-refractivity contribution in [2.75, 3.05) is 0 Å². The van der Waals surface area contributed by atoms with Gasteiger partial charge in [0.25, 0.3) is 0 Å². The standard InChI is InChI=1S/C11H14N.Li/c1-8-6-10-5-3-4-9(2)11(10)12-7-8;/h6-7H,3-5H2,1-2H3;. The van der Waals surface area contributed by atoms with E-state index in [9.17, 15) is 0 Å². The van der Waals surface area contributed by atoms with Crippen LogP contribution >= 0.6 is 0 Å². The predicted octanol–water partition coefficient (Wildman–Crippen LogP) is 2.11. The van der Waals surface area contributed by atoms with Gasteiger partial charge in [0.2, 0.25) is 0 Å². The van der Waals surface area contributed by atoms with Crippen LogP contribution in [0.1, 0.15) is 36.6 Å². The molecule has 64 valence electrons. The molecule has 2 rings (SSSR count). The molecule has 0 aliphatic heterocycles.